The largest absolute Gasteiger partial charge is 0.340 e. The minimum absolute atomic E-state index is 0.0154. The second kappa shape index (κ2) is 8.33. The first kappa shape index (κ1) is 19.6. The number of aromatic nitrogens is 2. The lowest BCUT2D eigenvalue weighted by Gasteiger charge is -2.35. The van der Waals surface area contributed by atoms with Gasteiger partial charge in [0.25, 0.3) is 5.56 Å². The van der Waals surface area contributed by atoms with Crippen molar-refractivity contribution in [3.8, 4) is 0 Å². The van der Waals surface area contributed by atoms with Gasteiger partial charge in [-0.3, -0.25) is 14.5 Å². The molecule has 2 aromatic rings. The summed E-state index contributed by atoms with van der Waals surface area (Å²) in [6, 6.07) is 0. The number of aryl methyl sites for hydroxylation is 2. The van der Waals surface area contributed by atoms with E-state index in [1.807, 2.05) is 11.8 Å². The highest BCUT2D eigenvalue weighted by Crippen LogP contribution is 2.33. The van der Waals surface area contributed by atoms with E-state index in [-0.39, 0.29) is 17.4 Å². The number of aromatic amines is 1. The number of hydrogen-bond donors (Lipinski definition) is 1. The van der Waals surface area contributed by atoms with Crippen molar-refractivity contribution in [1.82, 2.24) is 19.8 Å². The van der Waals surface area contributed by atoms with Crippen LogP contribution >= 0.6 is 11.3 Å². The van der Waals surface area contributed by atoms with Gasteiger partial charge < -0.3 is 9.88 Å². The molecule has 3 heterocycles. The Balaban J connectivity index is 1.42. The van der Waals surface area contributed by atoms with Gasteiger partial charge in [0.2, 0.25) is 5.91 Å². The molecule has 1 aliphatic heterocycles. The highest BCUT2D eigenvalue weighted by atomic mass is 32.1. The Morgan fingerprint density at radius 1 is 1.21 bits per heavy atom. The molecule has 1 unspecified atom stereocenters. The average Bonchev–Trinajstić information content (AvgIpc) is 3.07. The first-order valence-corrected chi connectivity index (χ1v) is 11.4. The summed E-state index contributed by atoms with van der Waals surface area (Å²) in [6.45, 7) is 7.96. The van der Waals surface area contributed by atoms with Crippen LogP contribution in [-0.4, -0.2) is 51.9 Å². The van der Waals surface area contributed by atoms with Crippen LogP contribution in [0.3, 0.4) is 0 Å². The summed E-state index contributed by atoms with van der Waals surface area (Å²) in [6.07, 6.45) is 6.46. The molecular formula is C21H30N4O2S. The van der Waals surface area contributed by atoms with Gasteiger partial charge in [-0.2, -0.15) is 0 Å². The third kappa shape index (κ3) is 3.87. The summed E-state index contributed by atoms with van der Waals surface area (Å²) < 4.78 is 0. The Morgan fingerprint density at radius 3 is 2.71 bits per heavy atom. The number of piperazine rings is 1. The minimum atomic E-state index is 0.0154. The van der Waals surface area contributed by atoms with E-state index in [2.05, 4.69) is 16.8 Å². The first-order valence-electron chi connectivity index (χ1n) is 10.6. The molecule has 6 nitrogen and oxygen atoms in total. The second-order valence-corrected chi connectivity index (χ2v) is 9.28. The van der Waals surface area contributed by atoms with Crippen LogP contribution in [0.2, 0.25) is 0 Å². The molecule has 1 fully saturated rings. The van der Waals surface area contributed by atoms with Gasteiger partial charge in [-0.1, -0.05) is 20.3 Å². The van der Waals surface area contributed by atoms with Gasteiger partial charge in [0, 0.05) is 37.0 Å². The Morgan fingerprint density at radius 2 is 1.96 bits per heavy atom. The van der Waals surface area contributed by atoms with Crippen molar-refractivity contribution < 1.29 is 4.79 Å². The van der Waals surface area contributed by atoms with E-state index in [9.17, 15) is 9.59 Å². The molecule has 7 heteroatoms. The van der Waals surface area contributed by atoms with Crippen LogP contribution in [0.15, 0.2) is 4.79 Å². The van der Waals surface area contributed by atoms with Crippen LogP contribution in [0, 0.1) is 5.92 Å². The number of carbonyl (C=O) groups excluding carboxylic acids is 1. The van der Waals surface area contributed by atoms with Crippen LogP contribution in [0.1, 0.15) is 55.8 Å². The molecule has 0 bridgehead atoms. The van der Waals surface area contributed by atoms with Gasteiger partial charge in [-0.15, -0.1) is 11.3 Å². The SMILES string of the molecule is CCCC(C)C(=O)N1CCN(Cc2nc3sc4c(c3c(=O)[nH]2)CCCC4)CC1. The highest BCUT2D eigenvalue weighted by Gasteiger charge is 2.25. The van der Waals surface area contributed by atoms with E-state index in [0.717, 1.165) is 67.9 Å². The molecule has 0 saturated carbocycles. The van der Waals surface area contributed by atoms with Gasteiger partial charge in [-0.05, 0) is 37.7 Å². The summed E-state index contributed by atoms with van der Waals surface area (Å²) in [4.78, 5) is 39.5. The summed E-state index contributed by atoms with van der Waals surface area (Å²) in [5.74, 6) is 1.13. The summed E-state index contributed by atoms with van der Waals surface area (Å²) in [5.41, 5.74) is 1.25. The molecule has 0 spiro atoms. The van der Waals surface area contributed by atoms with E-state index in [4.69, 9.17) is 4.98 Å². The molecule has 28 heavy (non-hydrogen) atoms. The monoisotopic (exact) mass is 402 g/mol. The number of hydrogen-bond acceptors (Lipinski definition) is 5. The number of rotatable bonds is 5. The Hall–Kier alpha value is -1.73. The average molecular weight is 403 g/mol. The predicted octanol–water partition coefficient (Wildman–Crippen LogP) is 2.94. The van der Waals surface area contributed by atoms with Crippen molar-refractivity contribution in [3.63, 3.8) is 0 Å². The third-order valence-electron chi connectivity index (χ3n) is 6.07. The van der Waals surface area contributed by atoms with Gasteiger partial charge in [0.15, 0.2) is 0 Å². The van der Waals surface area contributed by atoms with E-state index in [1.165, 1.54) is 23.3 Å². The fraction of sp³-hybridized carbons (Fsp3) is 0.667. The van der Waals surface area contributed by atoms with E-state index in [1.54, 1.807) is 11.3 Å². The van der Waals surface area contributed by atoms with Crippen LogP contribution < -0.4 is 5.56 Å². The lowest BCUT2D eigenvalue weighted by Crippen LogP contribution is -2.49. The maximum atomic E-state index is 12.7. The molecule has 0 radical (unpaired) electrons. The standard InChI is InChI=1S/C21H30N4O2S/c1-3-6-14(2)21(27)25-11-9-24(10-12-25)13-17-22-19(26)18-15-7-4-5-8-16(15)28-20(18)23-17/h14H,3-13H2,1-2H3,(H,22,23,26). The fourth-order valence-corrected chi connectivity index (χ4v) is 5.77. The maximum absolute atomic E-state index is 12.7. The first-order chi connectivity index (χ1) is 13.6. The Labute approximate surface area is 169 Å². The third-order valence-corrected chi connectivity index (χ3v) is 7.26. The number of H-pyrrole nitrogens is 1. The van der Waals surface area contributed by atoms with Crippen molar-refractivity contribution in [3.05, 3.63) is 26.6 Å². The molecule has 2 aromatic heterocycles. The number of carbonyl (C=O) groups is 1. The fourth-order valence-electron chi connectivity index (χ4n) is 4.49. The summed E-state index contributed by atoms with van der Waals surface area (Å²) in [5, 5.41) is 0.823. The van der Waals surface area contributed by atoms with Gasteiger partial charge in [0.1, 0.15) is 10.7 Å². The number of fused-ring (bicyclic) bond motifs is 3. The van der Waals surface area contributed by atoms with Gasteiger partial charge in [-0.25, -0.2) is 4.98 Å². The zero-order valence-electron chi connectivity index (χ0n) is 16.9. The molecule has 4 rings (SSSR count). The molecule has 1 aliphatic carbocycles. The number of thiophene rings is 1. The van der Waals surface area contributed by atoms with E-state index < -0.39 is 0 Å². The van der Waals surface area contributed by atoms with Crippen molar-refractivity contribution in [2.24, 2.45) is 5.92 Å². The van der Waals surface area contributed by atoms with Crippen LogP contribution in [0.4, 0.5) is 0 Å². The van der Waals surface area contributed by atoms with Crippen LogP contribution in [-0.2, 0) is 24.2 Å². The molecule has 2 aliphatic rings. The van der Waals surface area contributed by atoms with Crippen LogP contribution in [0.25, 0.3) is 10.2 Å². The van der Waals surface area contributed by atoms with Gasteiger partial charge >= 0.3 is 0 Å². The molecule has 1 atom stereocenters. The summed E-state index contributed by atoms with van der Waals surface area (Å²) in [7, 11) is 0. The maximum Gasteiger partial charge on any atom is 0.259 e. The lowest BCUT2D eigenvalue weighted by molar-refractivity contribution is -0.137. The highest BCUT2D eigenvalue weighted by molar-refractivity contribution is 7.18. The molecule has 1 N–H and O–H groups in total. The van der Waals surface area contributed by atoms with E-state index in [0.29, 0.717) is 6.54 Å². The topological polar surface area (TPSA) is 69.3 Å². The second-order valence-electron chi connectivity index (χ2n) is 8.19. The number of nitrogens with one attached hydrogen (secondary N) is 1. The number of nitrogens with zero attached hydrogens (tertiary/aromatic N) is 3. The quantitative estimate of drug-likeness (QED) is 0.835. The zero-order valence-corrected chi connectivity index (χ0v) is 17.7. The molecular weight excluding hydrogens is 372 g/mol. The lowest BCUT2D eigenvalue weighted by atomic mass is 9.97. The normalized spacial score (nSPS) is 19.0. The minimum Gasteiger partial charge on any atom is -0.340 e. The van der Waals surface area contributed by atoms with Crippen molar-refractivity contribution >= 4 is 27.5 Å². The van der Waals surface area contributed by atoms with Crippen molar-refractivity contribution in [1.29, 1.82) is 0 Å². The Bertz CT molecular complexity index is 911. The Kier molecular flexibility index (Phi) is 5.83. The molecule has 1 saturated heterocycles. The molecule has 0 aromatic carbocycles. The van der Waals surface area contributed by atoms with Crippen LogP contribution in [0.5, 0.6) is 0 Å². The number of amides is 1. The smallest absolute Gasteiger partial charge is 0.259 e. The van der Waals surface area contributed by atoms with Crippen molar-refractivity contribution in [2.75, 3.05) is 26.2 Å². The summed E-state index contributed by atoms with van der Waals surface area (Å²) >= 11 is 1.70. The predicted molar refractivity (Wildman–Crippen MR) is 113 cm³/mol. The zero-order chi connectivity index (χ0) is 19.7. The van der Waals surface area contributed by atoms with Crippen molar-refractivity contribution in [2.45, 2.75) is 58.9 Å². The van der Waals surface area contributed by atoms with Gasteiger partial charge in [0.05, 0.1) is 11.9 Å². The molecule has 152 valence electrons. The van der Waals surface area contributed by atoms with E-state index >= 15 is 0 Å². The molecule has 1 amide bonds.